The van der Waals surface area contributed by atoms with Gasteiger partial charge in [-0.1, -0.05) is 25.4 Å². The summed E-state index contributed by atoms with van der Waals surface area (Å²) in [7, 11) is 0. The topological polar surface area (TPSA) is 16.1 Å². The molecule has 0 saturated heterocycles. The quantitative estimate of drug-likeness (QED) is 0.770. The molecule has 0 spiro atoms. The number of pyridine rings is 1. The van der Waals surface area contributed by atoms with Crippen molar-refractivity contribution < 1.29 is 4.39 Å². The highest BCUT2D eigenvalue weighted by molar-refractivity contribution is 6.30. The van der Waals surface area contributed by atoms with Crippen LogP contribution in [0.15, 0.2) is 12.3 Å². The van der Waals surface area contributed by atoms with Gasteiger partial charge in [-0.2, -0.15) is 0 Å². The lowest BCUT2D eigenvalue weighted by atomic mass is 10.3. The van der Waals surface area contributed by atoms with Gasteiger partial charge in [0.2, 0.25) is 0 Å². The third-order valence-electron chi connectivity index (χ3n) is 2.07. The Morgan fingerprint density at radius 2 is 1.93 bits per heavy atom. The van der Waals surface area contributed by atoms with Crippen molar-refractivity contribution in [3.8, 4) is 0 Å². The number of hydrogen-bond donors (Lipinski definition) is 0. The molecule has 0 bridgehead atoms. The van der Waals surface area contributed by atoms with Crippen LogP contribution in [0, 0.1) is 5.82 Å². The van der Waals surface area contributed by atoms with E-state index >= 15 is 0 Å². The Hall–Kier alpha value is -0.830. The molecule has 1 rings (SSSR count). The van der Waals surface area contributed by atoms with E-state index in [0.717, 1.165) is 25.9 Å². The van der Waals surface area contributed by atoms with Gasteiger partial charge in [0.1, 0.15) is 0 Å². The maximum Gasteiger partial charge on any atom is 0.167 e. The summed E-state index contributed by atoms with van der Waals surface area (Å²) in [6, 6.07) is 1.31. The van der Waals surface area contributed by atoms with E-state index in [1.54, 1.807) is 0 Å². The summed E-state index contributed by atoms with van der Waals surface area (Å²) in [5, 5.41) is 0.337. The van der Waals surface area contributed by atoms with Crippen LogP contribution in [0.25, 0.3) is 0 Å². The average molecular weight is 231 g/mol. The van der Waals surface area contributed by atoms with E-state index in [9.17, 15) is 4.39 Å². The van der Waals surface area contributed by atoms with Gasteiger partial charge in [0.15, 0.2) is 11.6 Å². The molecule has 0 unspecified atom stereocenters. The van der Waals surface area contributed by atoms with Crippen LogP contribution in [-0.2, 0) is 0 Å². The minimum Gasteiger partial charge on any atom is -0.354 e. The van der Waals surface area contributed by atoms with Crippen LogP contribution in [0.2, 0.25) is 5.02 Å². The van der Waals surface area contributed by atoms with Crippen molar-refractivity contribution in [2.45, 2.75) is 26.7 Å². The zero-order valence-electron chi connectivity index (χ0n) is 9.13. The van der Waals surface area contributed by atoms with Crippen molar-refractivity contribution in [3.63, 3.8) is 0 Å². The molecule has 0 N–H and O–H groups in total. The van der Waals surface area contributed by atoms with Crippen molar-refractivity contribution >= 4 is 17.4 Å². The number of rotatable bonds is 5. The van der Waals surface area contributed by atoms with Gasteiger partial charge in [-0.15, -0.1) is 0 Å². The first-order valence-corrected chi connectivity index (χ1v) is 5.62. The molecule has 0 radical (unpaired) electrons. The minimum absolute atomic E-state index is 0.337. The monoisotopic (exact) mass is 230 g/mol. The second-order valence-electron chi connectivity index (χ2n) is 3.45. The van der Waals surface area contributed by atoms with E-state index < -0.39 is 0 Å². The molecule has 0 amide bonds. The number of nitrogens with zero attached hydrogens (tertiary/aromatic N) is 2. The molecule has 0 aliphatic carbocycles. The Kier molecular flexibility index (Phi) is 4.82. The van der Waals surface area contributed by atoms with Crippen LogP contribution in [0.4, 0.5) is 10.2 Å². The first-order chi connectivity index (χ1) is 7.19. The van der Waals surface area contributed by atoms with Crippen LogP contribution in [0.5, 0.6) is 0 Å². The van der Waals surface area contributed by atoms with Crippen LogP contribution in [0.1, 0.15) is 26.7 Å². The lowest BCUT2D eigenvalue weighted by Gasteiger charge is -2.22. The second-order valence-corrected chi connectivity index (χ2v) is 3.88. The summed E-state index contributed by atoms with van der Waals surface area (Å²) in [5.41, 5.74) is 0. The third kappa shape index (κ3) is 3.34. The summed E-state index contributed by atoms with van der Waals surface area (Å²) >= 11 is 5.65. The average Bonchev–Trinajstić information content (AvgIpc) is 2.17. The summed E-state index contributed by atoms with van der Waals surface area (Å²) in [5.74, 6) is 0.0625. The van der Waals surface area contributed by atoms with Gasteiger partial charge in [-0.25, -0.2) is 9.37 Å². The molecule has 0 aromatic carbocycles. The number of aromatic nitrogens is 1. The lowest BCUT2D eigenvalue weighted by molar-refractivity contribution is 0.604. The van der Waals surface area contributed by atoms with E-state index in [0.29, 0.717) is 10.8 Å². The number of anilines is 1. The summed E-state index contributed by atoms with van der Waals surface area (Å²) < 4.78 is 13.6. The van der Waals surface area contributed by atoms with E-state index in [4.69, 9.17) is 11.6 Å². The molecule has 4 heteroatoms. The maximum absolute atomic E-state index is 13.6. The molecule has 1 aromatic rings. The van der Waals surface area contributed by atoms with Crippen molar-refractivity contribution in [1.29, 1.82) is 0 Å². The van der Waals surface area contributed by atoms with Gasteiger partial charge >= 0.3 is 0 Å². The Morgan fingerprint density at radius 3 is 2.40 bits per heavy atom. The molecular weight excluding hydrogens is 215 g/mol. The van der Waals surface area contributed by atoms with Gasteiger partial charge < -0.3 is 4.90 Å². The Morgan fingerprint density at radius 1 is 1.33 bits per heavy atom. The standard InChI is InChI=1S/C11H16ClFN2/c1-3-5-15(6-4-2)11-10(13)7-9(12)8-14-11/h7-8H,3-6H2,1-2H3. The predicted octanol–water partition coefficient (Wildman–Crippen LogP) is 3.50. The minimum atomic E-state index is -0.343. The second kappa shape index (κ2) is 5.91. The molecule has 84 valence electrons. The zero-order chi connectivity index (χ0) is 11.3. The Balaban J connectivity index is 2.89. The Bertz CT molecular complexity index is 311. The predicted molar refractivity (Wildman–Crippen MR) is 62.0 cm³/mol. The zero-order valence-corrected chi connectivity index (χ0v) is 9.89. The molecular formula is C11H16ClFN2. The van der Waals surface area contributed by atoms with Gasteiger partial charge in [0.05, 0.1) is 5.02 Å². The molecule has 0 atom stereocenters. The smallest absolute Gasteiger partial charge is 0.167 e. The van der Waals surface area contributed by atoms with Crippen LogP contribution >= 0.6 is 11.6 Å². The van der Waals surface area contributed by atoms with Gasteiger partial charge in [0, 0.05) is 19.3 Å². The fourth-order valence-electron chi connectivity index (χ4n) is 1.50. The fourth-order valence-corrected chi connectivity index (χ4v) is 1.65. The van der Waals surface area contributed by atoms with E-state index in [-0.39, 0.29) is 5.82 Å². The molecule has 0 aliphatic rings. The van der Waals surface area contributed by atoms with Crippen molar-refractivity contribution in [1.82, 2.24) is 4.98 Å². The SMILES string of the molecule is CCCN(CCC)c1ncc(Cl)cc1F. The fraction of sp³-hybridized carbons (Fsp3) is 0.545. The highest BCUT2D eigenvalue weighted by atomic mass is 35.5. The molecule has 15 heavy (non-hydrogen) atoms. The summed E-state index contributed by atoms with van der Waals surface area (Å²) in [6.07, 6.45) is 3.44. The highest BCUT2D eigenvalue weighted by Crippen LogP contribution is 2.19. The number of hydrogen-bond acceptors (Lipinski definition) is 2. The highest BCUT2D eigenvalue weighted by Gasteiger charge is 2.11. The van der Waals surface area contributed by atoms with E-state index in [1.165, 1.54) is 12.3 Å². The Labute approximate surface area is 95.1 Å². The normalized spacial score (nSPS) is 10.4. The molecule has 0 fully saturated rings. The van der Waals surface area contributed by atoms with Crippen LogP contribution in [0.3, 0.4) is 0 Å². The van der Waals surface area contributed by atoms with Crippen molar-refractivity contribution in [2.75, 3.05) is 18.0 Å². The van der Waals surface area contributed by atoms with E-state index in [1.807, 2.05) is 4.90 Å². The van der Waals surface area contributed by atoms with Crippen LogP contribution < -0.4 is 4.90 Å². The van der Waals surface area contributed by atoms with Crippen molar-refractivity contribution in [3.05, 3.63) is 23.1 Å². The molecule has 0 aliphatic heterocycles. The molecule has 1 heterocycles. The van der Waals surface area contributed by atoms with E-state index in [2.05, 4.69) is 18.8 Å². The maximum atomic E-state index is 13.6. The lowest BCUT2D eigenvalue weighted by Crippen LogP contribution is -2.26. The van der Waals surface area contributed by atoms with Gasteiger partial charge in [0.25, 0.3) is 0 Å². The first-order valence-electron chi connectivity index (χ1n) is 5.25. The molecule has 0 saturated carbocycles. The van der Waals surface area contributed by atoms with Crippen molar-refractivity contribution in [2.24, 2.45) is 0 Å². The molecule has 2 nitrogen and oxygen atoms in total. The van der Waals surface area contributed by atoms with Crippen LogP contribution in [-0.4, -0.2) is 18.1 Å². The largest absolute Gasteiger partial charge is 0.354 e. The third-order valence-corrected chi connectivity index (χ3v) is 2.28. The van der Waals surface area contributed by atoms with Gasteiger partial charge in [-0.3, -0.25) is 0 Å². The summed E-state index contributed by atoms with van der Waals surface area (Å²) in [6.45, 7) is 5.77. The molecule has 1 aromatic heterocycles. The van der Waals surface area contributed by atoms with Gasteiger partial charge in [-0.05, 0) is 18.9 Å². The first kappa shape index (κ1) is 12.2. The number of halogens is 2. The summed E-state index contributed by atoms with van der Waals surface area (Å²) in [4.78, 5) is 5.98.